The second kappa shape index (κ2) is 7.10. The van der Waals surface area contributed by atoms with E-state index in [4.69, 9.17) is 4.74 Å². The van der Waals surface area contributed by atoms with Gasteiger partial charge >= 0.3 is 5.97 Å². The van der Waals surface area contributed by atoms with Crippen LogP contribution in [-0.2, 0) is 14.6 Å². The minimum absolute atomic E-state index is 0.000937. The maximum atomic E-state index is 13.1. The summed E-state index contributed by atoms with van der Waals surface area (Å²) in [5.74, 6) is -3.89. The molecule has 2 aromatic carbocycles. The summed E-state index contributed by atoms with van der Waals surface area (Å²) in [5, 5.41) is 0. The highest BCUT2D eigenvalue weighted by Gasteiger charge is 2.17. The summed E-state index contributed by atoms with van der Waals surface area (Å²) in [6.07, 6.45) is 0.999. The molecular formula is C17H14F2O5S. The summed E-state index contributed by atoms with van der Waals surface area (Å²) < 4.78 is 54.0. The zero-order valence-electron chi connectivity index (χ0n) is 13.4. The molecule has 0 aromatic heterocycles. The lowest BCUT2D eigenvalue weighted by Gasteiger charge is -2.08. The fourth-order valence-corrected chi connectivity index (χ4v) is 2.66. The molecule has 2 aromatic rings. The largest absolute Gasteiger partial charge is 0.454 e. The zero-order valence-corrected chi connectivity index (χ0v) is 14.2. The zero-order chi connectivity index (χ0) is 18.8. The van der Waals surface area contributed by atoms with E-state index in [-0.39, 0.29) is 16.0 Å². The number of sulfone groups is 1. The number of Topliss-reactive ketones (excluding diaryl/α,β-unsaturated/α-hetero) is 1. The maximum Gasteiger partial charge on any atom is 0.338 e. The first-order chi connectivity index (χ1) is 11.6. The van der Waals surface area contributed by atoms with E-state index in [9.17, 15) is 26.8 Å². The quantitative estimate of drug-likeness (QED) is 0.599. The number of carbonyl (C=O) groups is 2. The number of ether oxygens (including phenoxy) is 1. The van der Waals surface area contributed by atoms with E-state index in [0.29, 0.717) is 11.6 Å². The molecule has 0 amide bonds. The summed E-state index contributed by atoms with van der Waals surface area (Å²) in [6.45, 7) is 0.895. The predicted molar refractivity (Wildman–Crippen MR) is 85.3 cm³/mol. The van der Waals surface area contributed by atoms with Crippen LogP contribution in [0, 0.1) is 18.6 Å². The van der Waals surface area contributed by atoms with Gasteiger partial charge in [0.2, 0.25) is 0 Å². The Labute approximate surface area is 143 Å². The first-order valence-corrected chi connectivity index (χ1v) is 8.95. The normalized spacial score (nSPS) is 11.2. The van der Waals surface area contributed by atoms with Crippen LogP contribution in [0.1, 0.15) is 26.3 Å². The summed E-state index contributed by atoms with van der Waals surface area (Å²) in [5.41, 5.74) is 0.326. The number of halogens is 2. The van der Waals surface area contributed by atoms with Crippen molar-refractivity contribution < 1.29 is 31.5 Å². The molecule has 132 valence electrons. The Morgan fingerprint density at radius 1 is 1.04 bits per heavy atom. The van der Waals surface area contributed by atoms with E-state index >= 15 is 0 Å². The summed E-state index contributed by atoms with van der Waals surface area (Å²) in [4.78, 5) is 23.9. The van der Waals surface area contributed by atoms with Crippen molar-refractivity contribution in [2.24, 2.45) is 0 Å². The van der Waals surface area contributed by atoms with Crippen LogP contribution in [-0.4, -0.2) is 33.0 Å². The Bertz CT molecular complexity index is 952. The van der Waals surface area contributed by atoms with Crippen molar-refractivity contribution >= 4 is 21.6 Å². The Balaban J connectivity index is 2.14. The predicted octanol–water partition coefficient (Wildman–Crippen LogP) is 2.72. The van der Waals surface area contributed by atoms with Gasteiger partial charge in [0.05, 0.1) is 10.5 Å². The van der Waals surface area contributed by atoms with E-state index in [1.165, 1.54) is 12.1 Å². The lowest BCUT2D eigenvalue weighted by atomic mass is 10.1. The maximum absolute atomic E-state index is 13.1. The fraction of sp³-hybridized carbons (Fsp3) is 0.176. The molecule has 0 fully saturated rings. The second-order valence-corrected chi connectivity index (χ2v) is 7.39. The third kappa shape index (κ3) is 4.48. The van der Waals surface area contributed by atoms with Crippen LogP contribution >= 0.6 is 0 Å². The number of rotatable bonds is 5. The highest BCUT2D eigenvalue weighted by molar-refractivity contribution is 7.90. The van der Waals surface area contributed by atoms with Gasteiger partial charge in [0, 0.05) is 11.8 Å². The molecule has 0 atom stereocenters. The smallest absolute Gasteiger partial charge is 0.338 e. The topological polar surface area (TPSA) is 77.5 Å². The molecule has 25 heavy (non-hydrogen) atoms. The monoisotopic (exact) mass is 368 g/mol. The van der Waals surface area contributed by atoms with Gasteiger partial charge in [0.25, 0.3) is 0 Å². The second-order valence-electron chi connectivity index (χ2n) is 5.38. The van der Waals surface area contributed by atoms with Gasteiger partial charge in [0.15, 0.2) is 33.9 Å². The van der Waals surface area contributed by atoms with Gasteiger partial charge in [-0.2, -0.15) is 0 Å². The Morgan fingerprint density at radius 3 is 2.32 bits per heavy atom. The minimum Gasteiger partial charge on any atom is -0.454 e. The molecule has 0 aliphatic rings. The minimum atomic E-state index is -3.51. The van der Waals surface area contributed by atoms with Gasteiger partial charge in [-0.05, 0) is 42.8 Å². The van der Waals surface area contributed by atoms with Gasteiger partial charge < -0.3 is 4.74 Å². The molecule has 0 bridgehead atoms. The van der Waals surface area contributed by atoms with Crippen LogP contribution < -0.4 is 0 Å². The molecule has 5 nitrogen and oxygen atoms in total. The summed E-state index contributed by atoms with van der Waals surface area (Å²) in [6, 6.07) is 6.54. The lowest BCUT2D eigenvalue weighted by molar-refractivity contribution is 0.0473. The first-order valence-electron chi connectivity index (χ1n) is 7.05. The first kappa shape index (κ1) is 18.7. The van der Waals surface area contributed by atoms with Crippen LogP contribution in [0.2, 0.25) is 0 Å². The molecule has 0 unspecified atom stereocenters. The highest BCUT2D eigenvalue weighted by Crippen LogP contribution is 2.17. The molecule has 2 rings (SSSR count). The van der Waals surface area contributed by atoms with Crippen molar-refractivity contribution in [2.45, 2.75) is 11.8 Å². The van der Waals surface area contributed by atoms with E-state index in [1.807, 2.05) is 0 Å². The Morgan fingerprint density at radius 2 is 1.72 bits per heavy atom. The molecule has 0 saturated heterocycles. The van der Waals surface area contributed by atoms with Crippen LogP contribution in [0.5, 0.6) is 0 Å². The van der Waals surface area contributed by atoms with E-state index in [0.717, 1.165) is 24.5 Å². The molecule has 0 saturated carbocycles. The van der Waals surface area contributed by atoms with Crippen molar-refractivity contribution in [1.82, 2.24) is 0 Å². The molecular weight excluding hydrogens is 354 g/mol. The van der Waals surface area contributed by atoms with Gasteiger partial charge in [0.1, 0.15) is 0 Å². The van der Waals surface area contributed by atoms with Gasteiger partial charge in [-0.25, -0.2) is 22.0 Å². The number of carbonyl (C=O) groups excluding carboxylic acids is 2. The van der Waals surface area contributed by atoms with E-state index in [2.05, 4.69) is 0 Å². The molecule has 0 radical (unpaired) electrons. The number of hydrogen-bond donors (Lipinski definition) is 0. The number of hydrogen-bond acceptors (Lipinski definition) is 5. The van der Waals surface area contributed by atoms with Crippen molar-refractivity contribution in [1.29, 1.82) is 0 Å². The van der Waals surface area contributed by atoms with Crippen LogP contribution in [0.4, 0.5) is 8.78 Å². The molecule has 0 N–H and O–H groups in total. The summed E-state index contributed by atoms with van der Waals surface area (Å²) >= 11 is 0. The third-order valence-corrected chi connectivity index (χ3v) is 4.54. The average Bonchev–Trinajstić information content (AvgIpc) is 2.54. The van der Waals surface area contributed by atoms with Gasteiger partial charge in [-0.15, -0.1) is 0 Å². The number of benzene rings is 2. The fourth-order valence-electron chi connectivity index (χ4n) is 2.01. The molecule has 0 aliphatic heterocycles. The SMILES string of the molecule is Cc1ccc(S(C)(=O)=O)cc1C(=O)OCC(=O)c1ccc(F)c(F)c1. The summed E-state index contributed by atoms with van der Waals surface area (Å²) in [7, 11) is -3.51. The van der Waals surface area contributed by atoms with Gasteiger partial charge in [-0.3, -0.25) is 4.79 Å². The molecule has 8 heteroatoms. The highest BCUT2D eigenvalue weighted by atomic mass is 32.2. The molecule has 0 heterocycles. The Hall–Kier alpha value is -2.61. The van der Waals surface area contributed by atoms with Crippen LogP contribution in [0.25, 0.3) is 0 Å². The van der Waals surface area contributed by atoms with Gasteiger partial charge in [-0.1, -0.05) is 6.07 Å². The van der Waals surface area contributed by atoms with Crippen LogP contribution in [0.15, 0.2) is 41.3 Å². The molecule has 0 aliphatic carbocycles. The van der Waals surface area contributed by atoms with Crippen molar-refractivity contribution in [3.63, 3.8) is 0 Å². The Kier molecular flexibility index (Phi) is 5.32. The average molecular weight is 368 g/mol. The van der Waals surface area contributed by atoms with E-state index in [1.54, 1.807) is 6.92 Å². The van der Waals surface area contributed by atoms with Crippen molar-refractivity contribution in [3.05, 3.63) is 64.7 Å². The molecule has 0 spiro atoms. The third-order valence-electron chi connectivity index (χ3n) is 3.43. The van der Waals surface area contributed by atoms with Crippen molar-refractivity contribution in [2.75, 3.05) is 12.9 Å². The number of ketones is 1. The standard InChI is InChI=1S/C17H14F2O5S/c1-10-3-5-12(25(2,22)23)8-13(10)17(21)24-9-16(20)11-4-6-14(18)15(19)7-11/h3-8H,9H2,1-2H3. The lowest BCUT2D eigenvalue weighted by Crippen LogP contribution is -2.16. The van der Waals surface area contributed by atoms with Crippen molar-refractivity contribution in [3.8, 4) is 0 Å². The number of aryl methyl sites for hydroxylation is 1. The van der Waals surface area contributed by atoms with Crippen LogP contribution in [0.3, 0.4) is 0 Å². The number of esters is 1. The van der Waals surface area contributed by atoms with E-state index < -0.39 is 39.8 Å².